The quantitative estimate of drug-likeness (QED) is 0.177. The number of hydrogen-bond donors (Lipinski definition) is 0. The topological polar surface area (TPSA) is 56.4 Å². The van der Waals surface area contributed by atoms with Gasteiger partial charge >= 0.3 is 0 Å². The molecular formula is C58H40N6. The number of hydrogen-bond acceptors (Lipinski definition) is 2. The van der Waals surface area contributed by atoms with Crippen LogP contribution in [0.1, 0.15) is 44.3 Å². The fourth-order valence-electron chi connectivity index (χ4n) is 10.2. The zero-order valence-electron chi connectivity index (χ0n) is 45.8. The summed E-state index contributed by atoms with van der Waals surface area (Å²) in [6.07, 6.45) is 0. The molecule has 0 amide bonds. The molecule has 0 unspecified atom stereocenters. The summed E-state index contributed by atoms with van der Waals surface area (Å²) < 4.78 is 109. The van der Waals surface area contributed by atoms with Gasteiger partial charge in [0, 0.05) is 59.5 Å². The normalized spacial score (nSPS) is 15.6. The van der Waals surface area contributed by atoms with Crippen LogP contribution >= 0.6 is 0 Å². The van der Waals surface area contributed by atoms with E-state index in [2.05, 4.69) is 6.07 Å². The Kier molecular flexibility index (Phi) is 5.44. The van der Waals surface area contributed by atoms with E-state index in [-0.39, 0.29) is 39.5 Å². The van der Waals surface area contributed by atoms with E-state index >= 15 is 0 Å². The van der Waals surface area contributed by atoms with Crippen LogP contribution in [0.2, 0.25) is 0 Å². The van der Waals surface area contributed by atoms with Gasteiger partial charge in [0.2, 0.25) is 0 Å². The number of rotatable bonds is 4. The summed E-state index contributed by atoms with van der Waals surface area (Å²) in [5.74, 6) is 0.457. The second kappa shape index (κ2) is 13.3. The molecule has 0 aliphatic heterocycles. The first-order chi connectivity index (χ1) is 36.2. The number of nitrogens with zero attached hydrogens (tertiary/aromatic N) is 6. The summed E-state index contributed by atoms with van der Waals surface area (Å²) in [7, 11) is 0. The molecule has 5 aromatic heterocycles. The van der Waals surface area contributed by atoms with Crippen molar-refractivity contribution in [2.75, 3.05) is 0 Å². The molecule has 0 fully saturated rings. The third kappa shape index (κ3) is 4.92. The molecule has 6 heteroatoms. The molecule has 13 rings (SSSR count). The molecule has 0 spiro atoms. The molecule has 0 radical (unpaired) electrons. The first kappa shape index (κ1) is 26.2. The molecule has 0 saturated carbocycles. The monoisotopic (exact) mass is 832 g/mol. The highest BCUT2D eigenvalue weighted by molar-refractivity contribution is 6.15. The number of nitriles is 1. The molecule has 6 nitrogen and oxygen atoms in total. The Hall–Kier alpha value is -8.40. The van der Waals surface area contributed by atoms with Gasteiger partial charge in [-0.3, -0.25) is 9.13 Å². The van der Waals surface area contributed by atoms with Gasteiger partial charge in [-0.25, -0.2) is 4.98 Å². The number of aryl methyl sites for hydroxylation is 4. The number of pyridine rings is 1. The van der Waals surface area contributed by atoms with Crippen molar-refractivity contribution in [2.45, 2.75) is 27.4 Å². The van der Waals surface area contributed by atoms with Crippen molar-refractivity contribution in [1.82, 2.24) is 23.3 Å². The highest BCUT2D eigenvalue weighted by Crippen LogP contribution is 2.46. The Labute approximate surface area is 385 Å². The van der Waals surface area contributed by atoms with Crippen LogP contribution in [0.4, 0.5) is 0 Å². The maximum atomic E-state index is 12.2. The average molecular weight is 833 g/mol. The molecule has 0 atom stereocenters. The Morgan fingerprint density at radius 3 is 1.05 bits per heavy atom. The molecule has 0 N–H and O–H groups in total. The van der Waals surface area contributed by atoms with Gasteiger partial charge < -0.3 is 9.13 Å². The zero-order chi connectivity index (χ0) is 53.0. The van der Waals surface area contributed by atoms with E-state index in [1.54, 1.807) is 72.8 Å². The lowest BCUT2D eigenvalue weighted by Crippen LogP contribution is -2.16. The van der Waals surface area contributed by atoms with E-state index in [0.717, 1.165) is 5.39 Å². The van der Waals surface area contributed by atoms with Crippen molar-refractivity contribution in [2.24, 2.45) is 0 Å². The standard InChI is InChI=1S/C58H40N6/c1-34-21-25-51-42(29-34)38-13-5-9-17-47(38)61(51)55-46(33-59)57(63-49-19-11-7-15-40(49)44-31-36(3)23-27-53(44)63)60-58(64-50-20-12-8-16-41(50)45-32-37(4)24-28-54(45)64)56(55)62-48-18-10-6-14-39(48)43-30-35(2)22-26-52(43)62/h5-32H,1-4H3/i1D3,2D3,3D3,4D3. The van der Waals surface area contributed by atoms with Crippen molar-refractivity contribution in [3.8, 4) is 29.1 Å². The van der Waals surface area contributed by atoms with Gasteiger partial charge in [-0.1, -0.05) is 119 Å². The Bertz CT molecular complexity index is 4670. The molecule has 13 aromatic rings. The molecule has 8 aromatic carbocycles. The van der Waals surface area contributed by atoms with Crippen molar-refractivity contribution >= 4 is 87.2 Å². The summed E-state index contributed by atoms with van der Waals surface area (Å²) in [5.41, 5.74) is 6.13. The summed E-state index contributed by atoms with van der Waals surface area (Å²) in [5, 5.41) is 17.5. The van der Waals surface area contributed by atoms with Gasteiger partial charge in [0.1, 0.15) is 17.3 Å². The van der Waals surface area contributed by atoms with E-state index in [1.165, 1.54) is 0 Å². The molecule has 0 aliphatic carbocycles. The molecule has 302 valence electrons. The third-order valence-electron chi connectivity index (χ3n) is 12.8. The third-order valence-corrected chi connectivity index (χ3v) is 12.8. The summed E-state index contributed by atoms with van der Waals surface area (Å²) >= 11 is 0. The van der Waals surface area contributed by atoms with E-state index in [0.29, 0.717) is 93.2 Å². The minimum Gasteiger partial charge on any atom is -0.306 e. The lowest BCUT2D eigenvalue weighted by Gasteiger charge is -2.24. The number of fused-ring (bicyclic) bond motifs is 12. The molecule has 5 heterocycles. The van der Waals surface area contributed by atoms with Gasteiger partial charge in [-0.05, 0) is 100 Å². The maximum Gasteiger partial charge on any atom is 0.166 e. The van der Waals surface area contributed by atoms with Crippen LogP contribution in [0.3, 0.4) is 0 Å². The predicted molar refractivity (Wildman–Crippen MR) is 265 cm³/mol. The lowest BCUT2D eigenvalue weighted by atomic mass is 10.1. The number of benzene rings is 8. The fourth-order valence-corrected chi connectivity index (χ4v) is 10.2. The lowest BCUT2D eigenvalue weighted by molar-refractivity contribution is 0.955. The molecule has 64 heavy (non-hydrogen) atoms. The van der Waals surface area contributed by atoms with Crippen LogP contribution in [-0.2, 0) is 0 Å². The summed E-state index contributed by atoms with van der Waals surface area (Å²) in [4.78, 5) is 5.76. The van der Waals surface area contributed by atoms with E-state index in [4.69, 9.17) is 21.4 Å². The van der Waals surface area contributed by atoms with Crippen molar-refractivity contribution < 1.29 is 16.4 Å². The number of para-hydroxylation sites is 4. The van der Waals surface area contributed by atoms with Crippen LogP contribution in [-0.4, -0.2) is 23.3 Å². The smallest absolute Gasteiger partial charge is 0.166 e. The first-order valence-corrected chi connectivity index (χ1v) is 20.9. The van der Waals surface area contributed by atoms with Crippen LogP contribution in [0.25, 0.3) is 110 Å². The second-order valence-electron chi connectivity index (χ2n) is 16.3. The van der Waals surface area contributed by atoms with Gasteiger partial charge in [-0.15, -0.1) is 0 Å². The summed E-state index contributed by atoms with van der Waals surface area (Å²) in [6.45, 7) is -9.80. The van der Waals surface area contributed by atoms with Crippen LogP contribution in [0, 0.1) is 38.7 Å². The largest absolute Gasteiger partial charge is 0.306 e. The first-order valence-electron chi connectivity index (χ1n) is 26.9. The van der Waals surface area contributed by atoms with Gasteiger partial charge in [0.15, 0.2) is 11.6 Å². The second-order valence-corrected chi connectivity index (χ2v) is 16.3. The van der Waals surface area contributed by atoms with E-state index in [1.807, 2.05) is 115 Å². The summed E-state index contributed by atoms with van der Waals surface area (Å²) in [6, 6.07) is 52.9. The van der Waals surface area contributed by atoms with Gasteiger partial charge in [0.25, 0.3) is 0 Å². The molecular weight excluding hydrogens is 781 g/mol. The molecule has 0 bridgehead atoms. The van der Waals surface area contributed by atoms with Crippen LogP contribution in [0.15, 0.2) is 170 Å². The predicted octanol–water partition coefficient (Wildman–Crippen LogP) is 14.6. The van der Waals surface area contributed by atoms with Gasteiger partial charge in [-0.2, -0.15) is 5.26 Å². The van der Waals surface area contributed by atoms with Crippen LogP contribution in [0.5, 0.6) is 0 Å². The fraction of sp³-hybridized carbons (Fsp3) is 0.0690. The molecule has 0 saturated heterocycles. The van der Waals surface area contributed by atoms with E-state index < -0.39 is 27.4 Å². The SMILES string of the molecule is [2H]C([2H])([2H])c1ccc2c(c1)c1ccccc1n2-c1nc(-n2c3ccccc3c3cc(C([2H])([2H])[2H])ccc32)c(-n2c3ccccc3c3cc(C([2H])([2H])[2H])ccc32)c(-n2c3ccccc3c3cc(C([2H])([2H])[2H])ccc32)c1C#N. The van der Waals surface area contributed by atoms with Crippen molar-refractivity contribution in [3.63, 3.8) is 0 Å². The Morgan fingerprint density at radius 1 is 0.359 bits per heavy atom. The number of aromatic nitrogens is 5. The average Bonchev–Trinajstić information content (AvgIpc) is 4.13. The Balaban J connectivity index is 1.33. The minimum atomic E-state index is -2.46. The highest BCUT2D eigenvalue weighted by Gasteiger charge is 2.32. The van der Waals surface area contributed by atoms with Gasteiger partial charge in [0.05, 0.1) is 49.8 Å². The zero-order valence-corrected chi connectivity index (χ0v) is 33.8. The van der Waals surface area contributed by atoms with Crippen LogP contribution < -0.4 is 0 Å². The Morgan fingerprint density at radius 2 is 0.672 bits per heavy atom. The molecule has 0 aliphatic rings. The van der Waals surface area contributed by atoms with Crippen molar-refractivity contribution in [3.05, 3.63) is 198 Å². The minimum absolute atomic E-state index is 0.0827. The van der Waals surface area contributed by atoms with Crippen molar-refractivity contribution in [1.29, 1.82) is 5.26 Å². The maximum absolute atomic E-state index is 12.2. The van der Waals surface area contributed by atoms with E-state index in [9.17, 15) is 5.26 Å². The highest BCUT2D eigenvalue weighted by atomic mass is 15.2.